The minimum atomic E-state index is -0.381. The lowest BCUT2D eigenvalue weighted by molar-refractivity contribution is 0.0818. The Morgan fingerprint density at radius 3 is 2.78 bits per heavy atom. The fraction of sp³-hybridized carbons (Fsp3) is 0.333. The second-order valence-electron chi connectivity index (χ2n) is 7.76. The maximum atomic E-state index is 13.2. The van der Waals surface area contributed by atoms with Gasteiger partial charge in [-0.25, -0.2) is 9.18 Å². The summed E-state index contributed by atoms with van der Waals surface area (Å²) in [6, 6.07) is 12.4. The second-order valence-corrected chi connectivity index (χ2v) is 7.76. The van der Waals surface area contributed by atoms with E-state index in [0.717, 1.165) is 18.2 Å². The lowest BCUT2D eigenvalue weighted by atomic mass is 10.1. The van der Waals surface area contributed by atoms with Crippen LogP contribution in [0.15, 0.2) is 53.3 Å². The van der Waals surface area contributed by atoms with E-state index in [0.29, 0.717) is 42.3 Å². The Morgan fingerprint density at radius 2 is 2.06 bits per heavy atom. The highest BCUT2D eigenvalue weighted by molar-refractivity contribution is 5.89. The average Bonchev–Trinajstić information content (AvgIpc) is 3.29. The summed E-state index contributed by atoms with van der Waals surface area (Å²) in [5.74, 6) is 0.330. The molecular weight excluding hydrogens is 413 g/mol. The fourth-order valence-electron chi connectivity index (χ4n) is 3.80. The highest BCUT2D eigenvalue weighted by Gasteiger charge is 2.24. The number of urea groups is 1. The van der Waals surface area contributed by atoms with Crippen molar-refractivity contribution in [3.63, 3.8) is 0 Å². The Labute approximate surface area is 185 Å². The molecule has 4 rings (SSSR count). The van der Waals surface area contributed by atoms with Gasteiger partial charge >= 0.3 is 6.03 Å². The van der Waals surface area contributed by atoms with E-state index in [-0.39, 0.29) is 30.1 Å². The molecule has 0 aliphatic carbocycles. The number of carbonyl (C=O) groups is 1. The smallest absolute Gasteiger partial charge is 0.322 e. The van der Waals surface area contributed by atoms with Gasteiger partial charge in [0.2, 0.25) is 0 Å². The zero-order valence-corrected chi connectivity index (χ0v) is 17.9. The van der Waals surface area contributed by atoms with Crippen LogP contribution < -0.4 is 15.6 Å². The van der Waals surface area contributed by atoms with Crippen LogP contribution in [0.2, 0.25) is 0 Å². The van der Waals surface area contributed by atoms with Crippen molar-refractivity contribution in [2.45, 2.75) is 32.4 Å². The number of benzene rings is 2. The predicted molar refractivity (Wildman–Crippen MR) is 121 cm³/mol. The number of ether oxygens (including phenoxy) is 2. The second kappa shape index (κ2) is 9.82. The third kappa shape index (κ3) is 5.26. The van der Waals surface area contributed by atoms with E-state index in [1.165, 1.54) is 24.3 Å². The highest BCUT2D eigenvalue weighted by atomic mass is 19.1. The van der Waals surface area contributed by atoms with Gasteiger partial charge in [-0.15, -0.1) is 0 Å². The minimum absolute atomic E-state index is 0.0851. The third-order valence-corrected chi connectivity index (χ3v) is 5.40. The van der Waals surface area contributed by atoms with Crippen LogP contribution >= 0.6 is 0 Å². The predicted octanol–water partition coefficient (Wildman–Crippen LogP) is 4.28. The van der Waals surface area contributed by atoms with Gasteiger partial charge in [0.1, 0.15) is 11.6 Å². The van der Waals surface area contributed by atoms with E-state index in [1.807, 2.05) is 13.0 Å². The van der Waals surface area contributed by atoms with Crippen molar-refractivity contribution in [3.8, 4) is 5.75 Å². The van der Waals surface area contributed by atoms with E-state index in [1.54, 1.807) is 23.1 Å². The molecule has 1 atom stereocenters. The number of nitrogens with zero attached hydrogens (tertiary/aromatic N) is 1. The molecule has 3 aromatic rings. The largest absolute Gasteiger partial charge is 0.494 e. The van der Waals surface area contributed by atoms with E-state index in [4.69, 9.17) is 9.47 Å². The van der Waals surface area contributed by atoms with Crippen molar-refractivity contribution >= 4 is 22.6 Å². The molecule has 7 nitrogen and oxygen atoms in total. The number of aromatic amines is 1. The molecule has 2 heterocycles. The number of fused-ring (bicyclic) bond motifs is 1. The number of hydrogen-bond acceptors (Lipinski definition) is 4. The molecule has 2 amide bonds. The summed E-state index contributed by atoms with van der Waals surface area (Å²) in [6.45, 7) is 3.57. The van der Waals surface area contributed by atoms with E-state index in [2.05, 4.69) is 10.3 Å². The topological polar surface area (TPSA) is 83.7 Å². The molecular formula is C24H26FN3O4. The van der Waals surface area contributed by atoms with Crippen LogP contribution in [0.3, 0.4) is 0 Å². The van der Waals surface area contributed by atoms with Gasteiger partial charge in [-0.1, -0.05) is 0 Å². The van der Waals surface area contributed by atoms with Gasteiger partial charge in [0.15, 0.2) is 0 Å². The number of hydrogen-bond donors (Lipinski definition) is 2. The van der Waals surface area contributed by atoms with Crippen molar-refractivity contribution in [1.82, 2.24) is 9.88 Å². The molecule has 1 aliphatic rings. The zero-order valence-electron chi connectivity index (χ0n) is 17.9. The zero-order chi connectivity index (χ0) is 22.5. The van der Waals surface area contributed by atoms with E-state index >= 15 is 0 Å². The number of rotatable bonds is 7. The Morgan fingerprint density at radius 1 is 1.25 bits per heavy atom. The number of H-pyrrole nitrogens is 1. The molecule has 1 unspecified atom stereocenters. The standard InChI is InChI=1S/C24H26FN3O4/c1-2-31-20-9-10-22-16(13-20)12-17(23(29)27-22)14-28(15-21-4-3-11-32-21)24(30)26-19-7-5-18(25)6-8-19/h5-10,12-13,21H,2-4,11,14-15H2,1H3,(H,26,30)(H,27,29). The van der Waals surface area contributed by atoms with Crippen LogP contribution in [0.25, 0.3) is 10.9 Å². The Balaban J connectivity index is 1.59. The summed E-state index contributed by atoms with van der Waals surface area (Å²) in [7, 11) is 0. The third-order valence-electron chi connectivity index (χ3n) is 5.40. The van der Waals surface area contributed by atoms with Crippen molar-refractivity contribution < 1.29 is 18.7 Å². The number of nitrogens with one attached hydrogen (secondary N) is 2. The van der Waals surface area contributed by atoms with Crippen LogP contribution in [-0.4, -0.2) is 41.8 Å². The summed E-state index contributed by atoms with van der Waals surface area (Å²) >= 11 is 0. The summed E-state index contributed by atoms with van der Waals surface area (Å²) in [4.78, 5) is 30.2. The number of amides is 2. The summed E-state index contributed by atoms with van der Waals surface area (Å²) in [6.07, 6.45) is 1.71. The lowest BCUT2D eigenvalue weighted by Gasteiger charge is -2.25. The molecule has 0 radical (unpaired) electrons. The maximum absolute atomic E-state index is 13.2. The maximum Gasteiger partial charge on any atom is 0.322 e. The van der Waals surface area contributed by atoms with Crippen LogP contribution in [0.4, 0.5) is 14.9 Å². The van der Waals surface area contributed by atoms with Crippen LogP contribution in [-0.2, 0) is 11.3 Å². The summed E-state index contributed by atoms with van der Waals surface area (Å²) in [5.41, 5.74) is 1.37. The van der Waals surface area contributed by atoms with Gasteiger partial charge in [-0.3, -0.25) is 4.79 Å². The van der Waals surface area contributed by atoms with Crippen LogP contribution in [0, 0.1) is 5.82 Å². The fourth-order valence-corrected chi connectivity index (χ4v) is 3.80. The molecule has 1 aliphatic heterocycles. The minimum Gasteiger partial charge on any atom is -0.494 e. The first kappa shape index (κ1) is 21.8. The van der Waals surface area contributed by atoms with E-state index < -0.39 is 0 Å². The number of carbonyl (C=O) groups excluding carboxylic acids is 1. The SMILES string of the molecule is CCOc1ccc2[nH]c(=O)c(CN(CC3CCCO3)C(=O)Nc3ccc(F)cc3)cc2c1. The quantitative estimate of drug-likeness (QED) is 0.576. The first-order valence-electron chi connectivity index (χ1n) is 10.7. The molecule has 8 heteroatoms. The molecule has 0 spiro atoms. The van der Waals surface area contributed by atoms with Gasteiger partial charge in [0.05, 0.1) is 19.3 Å². The molecule has 168 valence electrons. The molecule has 2 N–H and O–H groups in total. The molecule has 2 aromatic carbocycles. The van der Waals surface area contributed by atoms with Gasteiger partial charge in [0, 0.05) is 35.3 Å². The summed E-state index contributed by atoms with van der Waals surface area (Å²) in [5, 5.41) is 3.60. The molecule has 32 heavy (non-hydrogen) atoms. The molecule has 1 saturated heterocycles. The summed E-state index contributed by atoms with van der Waals surface area (Å²) < 4.78 is 24.5. The number of anilines is 1. The van der Waals surface area contributed by atoms with Gasteiger partial charge in [-0.2, -0.15) is 0 Å². The highest BCUT2D eigenvalue weighted by Crippen LogP contribution is 2.21. The number of pyridine rings is 1. The van der Waals surface area contributed by atoms with Gasteiger partial charge in [-0.05, 0) is 68.3 Å². The number of aromatic nitrogens is 1. The Hall–Kier alpha value is -3.39. The van der Waals surface area contributed by atoms with E-state index in [9.17, 15) is 14.0 Å². The number of halogens is 1. The van der Waals surface area contributed by atoms with Crippen LogP contribution in [0.1, 0.15) is 25.3 Å². The van der Waals surface area contributed by atoms with Gasteiger partial charge in [0.25, 0.3) is 5.56 Å². The van der Waals surface area contributed by atoms with Gasteiger partial charge < -0.3 is 24.7 Å². The van der Waals surface area contributed by atoms with Crippen molar-refractivity contribution in [1.29, 1.82) is 0 Å². The molecule has 1 fully saturated rings. The first-order valence-corrected chi connectivity index (χ1v) is 10.7. The average molecular weight is 439 g/mol. The van der Waals surface area contributed by atoms with Crippen molar-refractivity contribution in [3.05, 3.63) is 70.3 Å². The Kier molecular flexibility index (Phi) is 6.70. The van der Waals surface area contributed by atoms with Crippen LogP contribution in [0.5, 0.6) is 5.75 Å². The Bertz CT molecular complexity index is 1140. The van der Waals surface area contributed by atoms with Crippen molar-refractivity contribution in [2.24, 2.45) is 0 Å². The normalized spacial score (nSPS) is 15.6. The first-order chi connectivity index (χ1) is 15.5. The lowest BCUT2D eigenvalue weighted by Crippen LogP contribution is -2.40. The molecule has 0 bridgehead atoms. The molecule has 1 aromatic heterocycles. The van der Waals surface area contributed by atoms with Crippen molar-refractivity contribution in [2.75, 3.05) is 25.1 Å². The monoisotopic (exact) mass is 439 g/mol. The molecule has 0 saturated carbocycles.